The molecule has 2 aromatic carbocycles. The molecular weight excluding hydrogens is 540 g/mol. The lowest BCUT2D eigenvalue weighted by molar-refractivity contribution is 0.0371. The van der Waals surface area contributed by atoms with Crippen LogP contribution in [0.15, 0.2) is 70.3 Å². The highest BCUT2D eigenvalue weighted by Gasteiger charge is 2.34. The summed E-state index contributed by atoms with van der Waals surface area (Å²) in [4.78, 5) is 29.5. The number of hydrogen-bond donors (Lipinski definition) is 3. The minimum absolute atomic E-state index is 0.151. The summed E-state index contributed by atoms with van der Waals surface area (Å²) in [7, 11) is -2.16. The molecule has 0 saturated carbocycles. The van der Waals surface area contributed by atoms with Crippen LogP contribution in [0, 0.1) is 5.92 Å². The van der Waals surface area contributed by atoms with Crippen LogP contribution in [-0.2, 0) is 10.0 Å². The van der Waals surface area contributed by atoms with E-state index >= 15 is 0 Å². The summed E-state index contributed by atoms with van der Waals surface area (Å²) < 4.78 is 34.5. The van der Waals surface area contributed by atoms with E-state index in [0.29, 0.717) is 5.69 Å². The number of anilines is 2. The molecule has 1 aromatic heterocycles. The zero-order valence-electron chi connectivity index (χ0n) is 21.9. The summed E-state index contributed by atoms with van der Waals surface area (Å²) >= 11 is 1.09. The number of hydrogen-bond acceptors (Lipinski definition) is 7. The summed E-state index contributed by atoms with van der Waals surface area (Å²) in [6, 6.07) is 16.0. The number of nitrogens with zero attached hydrogens (tertiary/aromatic N) is 2. The van der Waals surface area contributed by atoms with Crippen molar-refractivity contribution in [3.8, 4) is 5.75 Å². The molecule has 4 rings (SSSR count). The lowest BCUT2D eigenvalue weighted by atomic mass is 9.99. The number of ether oxygens (including phenoxy) is 1. The van der Waals surface area contributed by atoms with Crippen LogP contribution in [-0.4, -0.2) is 74.2 Å². The van der Waals surface area contributed by atoms with Crippen molar-refractivity contribution >= 4 is 44.7 Å². The molecule has 1 aliphatic rings. The minimum atomic E-state index is -3.82. The molecule has 0 bridgehead atoms. The largest absolute Gasteiger partial charge is 0.487 e. The first-order valence-electron chi connectivity index (χ1n) is 12.4. The predicted octanol–water partition coefficient (Wildman–Crippen LogP) is 3.93. The van der Waals surface area contributed by atoms with Gasteiger partial charge in [0.05, 0.1) is 24.8 Å². The molecule has 39 heavy (non-hydrogen) atoms. The number of urea groups is 1. The Morgan fingerprint density at radius 1 is 1.18 bits per heavy atom. The monoisotopic (exact) mass is 572 g/mol. The molecule has 0 saturated heterocycles. The average Bonchev–Trinajstić information content (AvgIpc) is 3.47. The SMILES string of the molecule is C[C@H]1CN([C@@H](C)CO)C(=O)c2cc(NS(=O)(=O)c3cccs3)ccc2O[C@@H]1CN(C)C(=O)Nc1ccccc1. The van der Waals surface area contributed by atoms with Gasteiger partial charge in [-0.05, 0) is 48.7 Å². The molecule has 12 heteroatoms. The number of sulfonamides is 1. The van der Waals surface area contributed by atoms with Gasteiger partial charge in [-0.15, -0.1) is 11.3 Å². The fourth-order valence-corrected chi connectivity index (χ4v) is 6.26. The van der Waals surface area contributed by atoms with Crippen LogP contribution in [0.4, 0.5) is 16.2 Å². The van der Waals surface area contributed by atoms with Crippen molar-refractivity contribution in [2.24, 2.45) is 5.92 Å². The molecule has 3 amide bonds. The van der Waals surface area contributed by atoms with Crippen LogP contribution < -0.4 is 14.8 Å². The second-order valence-corrected chi connectivity index (χ2v) is 12.4. The van der Waals surface area contributed by atoms with Crippen molar-refractivity contribution in [1.29, 1.82) is 0 Å². The van der Waals surface area contributed by atoms with E-state index in [2.05, 4.69) is 10.0 Å². The standard InChI is InChI=1S/C27H32N4O6S2/c1-18-15-31(19(2)17-32)26(33)22-14-21(29-39(35,36)25-10-7-13-38-25)11-12-23(22)37-24(18)16-30(3)27(34)28-20-8-5-4-6-9-20/h4-14,18-19,24,29,32H,15-17H2,1-3H3,(H,28,34)/t18-,19-,24+/m0/s1. The van der Waals surface area contributed by atoms with Crippen molar-refractivity contribution in [3.63, 3.8) is 0 Å². The Hall–Kier alpha value is -3.61. The van der Waals surface area contributed by atoms with Gasteiger partial charge in [0, 0.05) is 30.9 Å². The number of nitrogens with one attached hydrogen (secondary N) is 2. The second-order valence-electron chi connectivity index (χ2n) is 9.55. The number of amides is 3. The van der Waals surface area contributed by atoms with Gasteiger partial charge in [-0.3, -0.25) is 9.52 Å². The van der Waals surface area contributed by atoms with Crippen molar-refractivity contribution in [1.82, 2.24) is 9.80 Å². The fourth-order valence-electron chi connectivity index (χ4n) is 4.22. The summed E-state index contributed by atoms with van der Waals surface area (Å²) in [5.74, 6) is -0.313. The van der Waals surface area contributed by atoms with Gasteiger partial charge in [0.15, 0.2) is 0 Å². The second kappa shape index (κ2) is 12.1. The number of likely N-dealkylation sites (N-methyl/N-ethyl adjacent to an activating group) is 1. The highest BCUT2D eigenvalue weighted by molar-refractivity contribution is 7.94. The normalized spacial score (nSPS) is 18.3. The Bertz CT molecular complexity index is 1400. The molecule has 10 nitrogen and oxygen atoms in total. The number of carbonyl (C=O) groups is 2. The number of aliphatic hydroxyl groups is 1. The topological polar surface area (TPSA) is 128 Å². The van der Waals surface area contributed by atoms with E-state index in [1.54, 1.807) is 48.5 Å². The third-order valence-electron chi connectivity index (χ3n) is 6.50. The predicted molar refractivity (Wildman–Crippen MR) is 151 cm³/mol. The summed E-state index contributed by atoms with van der Waals surface area (Å²) in [5.41, 5.74) is 1.03. The van der Waals surface area contributed by atoms with E-state index in [-0.39, 0.29) is 58.8 Å². The van der Waals surface area contributed by atoms with Gasteiger partial charge in [-0.2, -0.15) is 0 Å². The Labute approximate surface area is 232 Å². The molecule has 3 aromatic rings. The highest BCUT2D eigenvalue weighted by atomic mass is 32.2. The van der Waals surface area contributed by atoms with Crippen LogP contribution >= 0.6 is 11.3 Å². The van der Waals surface area contributed by atoms with E-state index in [1.165, 1.54) is 23.1 Å². The third kappa shape index (κ3) is 6.70. The first-order chi connectivity index (χ1) is 18.6. The molecule has 0 aliphatic carbocycles. The van der Waals surface area contributed by atoms with Gasteiger partial charge in [-0.1, -0.05) is 31.2 Å². The molecule has 3 atom stereocenters. The maximum absolute atomic E-state index is 13.6. The third-order valence-corrected chi connectivity index (χ3v) is 9.28. The average molecular weight is 573 g/mol. The van der Waals surface area contributed by atoms with E-state index in [0.717, 1.165) is 11.3 Å². The maximum atomic E-state index is 13.6. The van der Waals surface area contributed by atoms with Crippen LogP contribution in [0.3, 0.4) is 0 Å². The molecule has 2 heterocycles. The van der Waals surface area contributed by atoms with Crippen LogP contribution in [0.5, 0.6) is 5.75 Å². The molecular formula is C27H32N4O6S2. The number of benzene rings is 2. The van der Waals surface area contributed by atoms with Gasteiger partial charge in [0.25, 0.3) is 15.9 Å². The Balaban J connectivity index is 1.61. The highest BCUT2D eigenvalue weighted by Crippen LogP contribution is 2.32. The van der Waals surface area contributed by atoms with Crippen LogP contribution in [0.25, 0.3) is 0 Å². The van der Waals surface area contributed by atoms with Crippen molar-refractivity contribution in [2.45, 2.75) is 30.2 Å². The molecule has 0 spiro atoms. The Morgan fingerprint density at radius 2 is 1.92 bits per heavy atom. The summed E-state index contributed by atoms with van der Waals surface area (Å²) in [6.07, 6.45) is -0.495. The summed E-state index contributed by atoms with van der Waals surface area (Å²) in [6.45, 7) is 3.91. The number of rotatable bonds is 8. The zero-order valence-corrected chi connectivity index (χ0v) is 23.5. The molecule has 208 valence electrons. The van der Waals surface area contributed by atoms with Gasteiger partial charge in [0.2, 0.25) is 0 Å². The first kappa shape index (κ1) is 28.4. The molecule has 0 fully saturated rings. The van der Waals surface area contributed by atoms with Crippen molar-refractivity contribution < 1.29 is 27.9 Å². The molecule has 0 unspecified atom stereocenters. The quantitative estimate of drug-likeness (QED) is 0.375. The minimum Gasteiger partial charge on any atom is -0.487 e. The van der Waals surface area contributed by atoms with Crippen LogP contribution in [0.1, 0.15) is 24.2 Å². The fraction of sp³-hybridized carbons (Fsp3) is 0.333. The van der Waals surface area contributed by atoms with E-state index in [9.17, 15) is 23.1 Å². The number of carbonyl (C=O) groups excluding carboxylic acids is 2. The molecule has 1 aliphatic heterocycles. The Kier molecular flexibility index (Phi) is 8.78. The van der Waals surface area contributed by atoms with E-state index in [4.69, 9.17) is 4.74 Å². The number of thiophene rings is 1. The number of para-hydroxylation sites is 1. The van der Waals surface area contributed by atoms with Gasteiger partial charge in [0.1, 0.15) is 16.1 Å². The zero-order chi connectivity index (χ0) is 28.2. The number of aliphatic hydroxyl groups excluding tert-OH is 1. The van der Waals surface area contributed by atoms with Gasteiger partial charge < -0.3 is 25.0 Å². The van der Waals surface area contributed by atoms with Gasteiger partial charge >= 0.3 is 6.03 Å². The number of fused-ring (bicyclic) bond motifs is 1. The Morgan fingerprint density at radius 3 is 2.59 bits per heavy atom. The van der Waals surface area contributed by atoms with Crippen molar-refractivity contribution in [2.75, 3.05) is 36.8 Å². The smallest absolute Gasteiger partial charge is 0.321 e. The lowest BCUT2D eigenvalue weighted by Crippen LogP contribution is -2.50. The summed E-state index contributed by atoms with van der Waals surface area (Å²) in [5, 5.41) is 14.4. The van der Waals surface area contributed by atoms with E-state index < -0.39 is 22.2 Å². The maximum Gasteiger partial charge on any atom is 0.321 e. The molecule has 3 N–H and O–H groups in total. The lowest BCUT2D eigenvalue weighted by Gasteiger charge is -2.38. The first-order valence-corrected chi connectivity index (χ1v) is 14.8. The van der Waals surface area contributed by atoms with E-state index in [1.807, 2.05) is 25.1 Å². The van der Waals surface area contributed by atoms with Crippen molar-refractivity contribution in [3.05, 3.63) is 71.6 Å². The van der Waals surface area contributed by atoms with Gasteiger partial charge in [-0.25, -0.2) is 13.2 Å². The van der Waals surface area contributed by atoms with Crippen LogP contribution in [0.2, 0.25) is 0 Å². The molecule has 0 radical (unpaired) electrons.